The number of fused-ring (bicyclic) bond motifs is 1. The quantitative estimate of drug-likeness (QED) is 0.424. The lowest BCUT2D eigenvalue weighted by atomic mass is 10.0. The molecule has 4 heterocycles. The molecule has 0 bridgehead atoms. The second-order valence-corrected chi connectivity index (χ2v) is 8.05. The molecule has 0 spiro atoms. The fourth-order valence-corrected chi connectivity index (χ4v) is 3.89. The zero-order valence-electron chi connectivity index (χ0n) is 18.4. The molecule has 0 saturated heterocycles. The number of aromatic amines is 1. The van der Waals surface area contributed by atoms with Crippen LogP contribution in [-0.4, -0.2) is 42.3 Å². The van der Waals surface area contributed by atoms with E-state index in [4.69, 9.17) is 9.97 Å². The highest BCUT2D eigenvalue weighted by atomic mass is 15.3. The summed E-state index contributed by atoms with van der Waals surface area (Å²) in [7, 11) is 2.12. The summed E-state index contributed by atoms with van der Waals surface area (Å²) in [6.45, 7) is 4.88. The maximum absolute atomic E-state index is 4.98. The number of aryl methyl sites for hydroxylation is 1. The Morgan fingerprint density at radius 3 is 2.69 bits per heavy atom. The average molecular weight is 421 g/mol. The van der Waals surface area contributed by atoms with Crippen LogP contribution in [0.4, 0.5) is 0 Å². The number of H-pyrrole nitrogens is 1. The number of hydrogen-bond donors (Lipinski definition) is 1. The Labute approximate surface area is 187 Å². The van der Waals surface area contributed by atoms with E-state index < -0.39 is 0 Å². The van der Waals surface area contributed by atoms with Gasteiger partial charge in [0.05, 0.1) is 11.4 Å². The van der Waals surface area contributed by atoms with E-state index in [-0.39, 0.29) is 6.04 Å². The van der Waals surface area contributed by atoms with E-state index >= 15 is 0 Å². The lowest BCUT2D eigenvalue weighted by molar-refractivity contribution is 0.353. The van der Waals surface area contributed by atoms with Crippen LogP contribution >= 0.6 is 0 Å². The van der Waals surface area contributed by atoms with Gasteiger partial charge in [0.25, 0.3) is 0 Å². The lowest BCUT2D eigenvalue weighted by Crippen LogP contribution is -2.24. The number of nitrogens with one attached hydrogen (secondary N) is 1. The van der Waals surface area contributed by atoms with Crippen LogP contribution in [0.15, 0.2) is 73.2 Å². The number of aromatic nitrogens is 6. The molecule has 0 amide bonds. The van der Waals surface area contributed by atoms with Crippen molar-refractivity contribution in [2.45, 2.75) is 26.4 Å². The molecule has 0 aliphatic carbocycles. The predicted molar refractivity (Wildman–Crippen MR) is 127 cm³/mol. The van der Waals surface area contributed by atoms with Gasteiger partial charge in [0.15, 0.2) is 13.6 Å². The summed E-state index contributed by atoms with van der Waals surface area (Å²) >= 11 is 0. The largest absolute Gasteiger partial charge is 0.340 e. The van der Waals surface area contributed by atoms with Crippen LogP contribution in [0.5, 0.6) is 0 Å². The van der Waals surface area contributed by atoms with Gasteiger partial charge in [-0.15, -0.1) is 0 Å². The van der Waals surface area contributed by atoms with Gasteiger partial charge in [-0.1, -0.05) is 36.4 Å². The first-order valence-electron chi connectivity index (χ1n) is 10.7. The van der Waals surface area contributed by atoms with Gasteiger partial charge in [-0.05, 0) is 43.7 Å². The molecular formula is C24H24BN7. The zero-order chi connectivity index (χ0) is 22.1. The standard InChI is InChI=1S/C24H24BN7/c1-16-7-6-10-20(28-16)24-23(19-11-12-22-26-15-27-32(22)13-19)29-21(30-24)14-31(25)17(2)18-8-4-3-5-9-18/h3-13,15,17H,14,25H2,1-2H3,(H,29,30)/t17-/m0/s1. The molecule has 1 aromatic carbocycles. The van der Waals surface area contributed by atoms with Crippen LogP contribution < -0.4 is 0 Å². The van der Waals surface area contributed by atoms with Gasteiger partial charge in [-0.2, -0.15) is 5.10 Å². The minimum atomic E-state index is 0.261. The van der Waals surface area contributed by atoms with E-state index in [9.17, 15) is 0 Å². The van der Waals surface area contributed by atoms with Crippen LogP contribution in [0.25, 0.3) is 28.3 Å². The maximum Gasteiger partial charge on any atom is 0.186 e. The summed E-state index contributed by atoms with van der Waals surface area (Å²) in [6, 6.07) is 20.8. The average Bonchev–Trinajstić information content (AvgIpc) is 3.45. The van der Waals surface area contributed by atoms with Gasteiger partial charge < -0.3 is 9.79 Å². The summed E-state index contributed by atoms with van der Waals surface area (Å²) in [4.78, 5) is 19.8. The third-order valence-electron chi connectivity index (χ3n) is 5.79. The third kappa shape index (κ3) is 3.92. The van der Waals surface area contributed by atoms with Gasteiger partial charge >= 0.3 is 0 Å². The molecule has 1 N–H and O–H groups in total. The molecule has 0 fully saturated rings. The summed E-state index contributed by atoms with van der Waals surface area (Å²) in [6.07, 6.45) is 3.52. The van der Waals surface area contributed by atoms with Crippen molar-refractivity contribution in [3.8, 4) is 22.6 Å². The number of hydrogen-bond acceptors (Lipinski definition) is 5. The highest BCUT2D eigenvalue weighted by Crippen LogP contribution is 2.30. The van der Waals surface area contributed by atoms with Crippen molar-refractivity contribution >= 4 is 13.6 Å². The Balaban J connectivity index is 1.53. The van der Waals surface area contributed by atoms with Gasteiger partial charge in [-0.25, -0.2) is 14.5 Å². The van der Waals surface area contributed by atoms with Gasteiger partial charge in [-0.3, -0.25) is 4.98 Å². The van der Waals surface area contributed by atoms with E-state index in [1.807, 2.05) is 49.5 Å². The molecule has 1 atom stereocenters. The number of nitrogens with zero attached hydrogens (tertiary/aromatic N) is 6. The fourth-order valence-electron chi connectivity index (χ4n) is 3.89. The molecule has 0 unspecified atom stereocenters. The van der Waals surface area contributed by atoms with Crippen molar-refractivity contribution in [3.63, 3.8) is 0 Å². The van der Waals surface area contributed by atoms with Crippen molar-refractivity contribution in [2.75, 3.05) is 0 Å². The number of benzene rings is 1. The molecular weight excluding hydrogens is 397 g/mol. The minimum Gasteiger partial charge on any atom is -0.340 e. The normalized spacial score (nSPS) is 12.5. The van der Waals surface area contributed by atoms with Crippen LogP contribution in [0, 0.1) is 6.92 Å². The lowest BCUT2D eigenvalue weighted by Gasteiger charge is -2.24. The molecule has 0 radical (unpaired) electrons. The molecule has 5 aromatic rings. The number of rotatable bonds is 6. The maximum atomic E-state index is 4.98. The Bertz CT molecular complexity index is 1360. The van der Waals surface area contributed by atoms with Crippen molar-refractivity contribution < 1.29 is 0 Å². The smallest absolute Gasteiger partial charge is 0.186 e. The zero-order valence-corrected chi connectivity index (χ0v) is 18.4. The molecule has 0 saturated carbocycles. The van der Waals surface area contributed by atoms with Gasteiger partial charge in [0.2, 0.25) is 0 Å². The monoisotopic (exact) mass is 421 g/mol. The first-order chi connectivity index (χ1) is 15.6. The highest BCUT2D eigenvalue weighted by Gasteiger charge is 2.19. The molecule has 0 aliphatic heterocycles. The highest BCUT2D eigenvalue weighted by molar-refractivity contribution is 6.04. The van der Waals surface area contributed by atoms with Crippen molar-refractivity contribution in [1.29, 1.82) is 0 Å². The van der Waals surface area contributed by atoms with Crippen LogP contribution in [0.3, 0.4) is 0 Å². The van der Waals surface area contributed by atoms with Crippen molar-refractivity contribution in [3.05, 3.63) is 90.3 Å². The van der Waals surface area contributed by atoms with Crippen molar-refractivity contribution in [2.24, 2.45) is 0 Å². The molecule has 5 rings (SSSR count). The Morgan fingerprint density at radius 2 is 1.88 bits per heavy atom. The van der Waals surface area contributed by atoms with E-state index in [0.29, 0.717) is 6.54 Å². The van der Waals surface area contributed by atoms with Crippen LogP contribution in [-0.2, 0) is 6.54 Å². The predicted octanol–water partition coefficient (Wildman–Crippen LogP) is 3.60. The molecule has 0 aliphatic rings. The second kappa shape index (κ2) is 8.40. The van der Waals surface area contributed by atoms with Crippen molar-refractivity contribution in [1.82, 2.24) is 34.4 Å². The van der Waals surface area contributed by atoms with E-state index in [2.05, 4.69) is 59.0 Å². The molecule has 8 heteroatoms. The van der Waals surface area contributed by atoms with Gasteiger partial charge in [0.1, 0.15) is 17.8 Å². The number of imidazole rings is 1. The Hall–Kier alpha value is -3.78. The number of pyridine rings is 2. The molecule has 7 nitrogen and oxygen atoms in total. The molecule has 4 aromatic heterocycles. The fraction of sp³-hybridized carbons (Fsp3) is 0.167. The minimum absolute atomic E-state index is 0.261. The summed E-state index contributed by atoms with van der Waals surface area (Å²) in [5.74, 6) is 0.891. The van der Waals surface area contributed by atoms with E-state index in [1.54, 1.807) is 10.8 Å². The summed E-state index contributed by atoms with van der Waals surface area (Å²) in [5.41, 5.74) is 6.64. The molecule has 158 valence electrons. The van der Waals surface area contributed by atoms with Crippen LogP contribution in [0.1, 0.15) is 30.0 Å². The molecule has 32 heavy (non-hydrogen) atoms. The Kier molecular flexibility index (Phi) is 5.29. The second-order valence-electron chi connectivity index (χ2n) is 8.05. The van der Waals surface area contributed by atoms with Gasteiger partial charge in [0, 0.05) is 30.0 Å². The van der Waals surface area contributed by atoms with E-state index in [1.165, 1.54) is 5.56 Å². The first kappa shape index (κ1) is 20.1. The summed E-state index contributed by atoms with van der Waals surface area (Å²) < 4.78 is 1.77. The Morgan fingerprint density at radius 1 is 1.03 bits per heavy atom. The topological polar surface area (TPSA) is 75.0 Å². The summed E-state index contributed by atoms with van der Waals surface area (Å²) in [5, 5.41) is 4.28. The van der Waals surface area contributed by atoms with E-state index in [0.717, 1.165) is 39.8 Å². The van der Waals surface area contributed by atoms with Crippen LogP contribution in [0.2, 0.25) is 0 Å². The SMILES string of the molecule is BN(Cc1nc(-c2cccc(C)n2)c(-c2ccc3ncnn3c2)[nH]1)[C@@H](C)c1ccccc1. The first-order valence-corrected chi connectivity index (χ1v) is 10.7. The third-order valence-corrected chi connectivity index (χ3v) is 5.79.